The lowest BCUT2D eigenvalue weighted by Gasteiger charge is -2.29. The number of amides is 1. The summed E-state index contributed by atoms with van der Waals surface area (Å²) in [7, 11) is 5.77. The number of nitrogens with zero attached hydrogens (tertiary/aromatic N) is 3. The highest BCUT2D eigenvalue weighted by Gasteiger charge is 2.26. The maximum atomic E-state index is 13.0. The number of rotatable bonds is 6. The summed E-state index contributed by atoms with van der Waals surface area (Å²) in [5, 5.41) is 7.22. The molecule has 1 unspecified atom stereocenters. The zero-order chi connectivity index (χ0) is 17.9. The first-order chi connectivity index (χ1) is 11.3. The third kappa shape index (κ3) is 4.03. The molecule has 2 aromatic rings. The van der Waals surface area contributed by atoms with Crippen LogP contribution >= 0.6 is 0 Å². The predicted molar refractivity (Wildman–Crippen MR) is 97.0 cm³/mol. The van der Waals surface area contributed by atoms with E-state index in [9.17, 15) is 4.79 Å². The first-order valence-electron chi connectivity index (χ1n) is 8.29. The first-order valence-corrected chi connectivity index (χ1v) is 8.29. The Morgan fingerprint density at radius 3 is 2.46 bits per heavy atom. The van der Waals surface area contributed by atoms with Crippen molar-refractivity contribution in [1.82, 2.24) is 20.0 Å². The fourth-order valence-electron chi connectivity index (χ4n) is 3.04. The van der Waals surface area contributed by atoms with Gasteiger partial charge in [-0.1, -0.05) is 29.8 Å². The van der Waals surface area contributed by atoms with Gasteiger partial charge in [0.2, 0.25) is 5.91 Å². The Labute approximate surface area is 144 Å². The number of benzene rings is 1. The molecule has 1 aromatic heterocycles. The zero-order valence-electron chi connectivity index (χ0n) is 15.6. The molecule has 1 amide bonds. The summed E-state index contributed by atoms with van der Waals surface area (Å²) in [6.07, 6.45) is 0.810. The molecule has 0 radical (unpaired) electrons. The van der Waals surface area contributed by atoms with Crippen LogP contribution in [0.2, 0.25) is 0 Å². The second-order valence-corrected chi connectivity index (χ2v) is 6.70. The summed E-state index contributed by atoms with van der Waals surface area (Å²) in [4.78, 5) is 16.8. The number of aryl methyl sites for hydroxylation is 3. The van der Waals surface area contributed by atoms with Crippen molar-refractivity contribution < 1.29 is 4.79 Å². The SMILES string of the molecule is Cc1cccc(C(C(=O)N(C)CCc2c(C)n[nH]c2C)N(C)C)c1. The summed E-state index contributed by atoms with van der Waals surface area (Å²) in [5.41, 5.74) is 5.49. The molecule has 130 valence electrons. The van der Waals surface area contributed by atoms with Gasteiger partial charge >= 0.3 is 0 Å². The molecule has 0 spiro atoms. The molecule has 0 aliphatic rings. The normalized spacial score (nSPS) is 12.5. The number of carbonyl (C=O) groups is 1. The van der Waals surface area contributed by atoms with Crippen LogP contribution in [0.25, 0.3) is 0 Å². The van der Waals surface area contributed by atoms with Gasteiger partial charge in [-0.15, -0.1) is 0 Å². The molecular weight excluding hydrogens is 300 g/mol. The van der Waals surface area contributed by atoms with Crippen molar-refractivity contribution >= 4 is 5.91 Å². The molecule has 1 heterocycles. The summed E-state index contributed by atoms with van der Waals surface area (Å²) in [6, 6.07) is 7.90. The van der Waals surface area contributed by atoms with Gasteiger partial charge in [-0.2, -0.15) is 5.10 Å². The average Bonchev–Trinajstić information content (AvgIpc) is 2.83. The maximum Gasteiger partial charge on any atom is 0.244 e. The van der Waals surface area contributed by atoms with E-state index in [4.69, 9.17) is 0 Å². The minimum Gasteiger partial charge on any atom is -0.344 e. The highest BCUT2D eigenvalue weighted by atomic mass is 16.2. The van der Waals surface area contributed by atoms with Crippen molar-refractivity contribution in [3.8, 4) is 0 Å². The largest absolute Gasteiger partial charge is 0.344 e. The van der Waals surface area contributed by atoms with Crippen LogP contribution in [0.5, 0.6) is 0 Å². The number of hydrogen-bond acceptors (Lipinski definition) is 3. The highest BCUT2D eigenvalue weighted by molar-refractivity contribution is 5.83. The molecule has 5 nitrogen and oxygen atoms in total. The van der Waals surface area contributed by atoms with E-state index in [-0.39, 0.29) is 11.9 Å². The number of likely N-dealkylation sites (N-methyl/N-ethyl adjacent to an activating group) is 2. The number of hydrogen-bond donors (Lipinski definition) is 1. The zero-order valence-corrected chi connectivity index (χ0v) is 15.6. The van der Waals surface area contributed by atoms with E-state index >= 15 is 0 Å². The third-order valence-corrected chi connectivity index (χ3v) is 4.46. The highest BCUT2D eigenvalue weighted by Crippen LogP contribution is 2.22. The van der Waals surface area contributed by atoms with E-state index in [2.05, 4.69) is 29.3 Å². The fraction of sp³-hybridized carbons (Fsp3) is 0.474. The van der Waals surface area contributed by atoms with Gasteiger partial charge in [0, 0.05) is 19.3 Å². The van der Waals surface area contributed by atoms with Gasteiger partial charge in [0.15, 0.2) is 0 Å². The Balaban J connectivity index is 2.12. The van der Waals surface area contributed by atoms with Gasteiger partial charge in [-0.3, -0.25) is 14.8 Å². The molecule has 1 aromatic carbocycles. The van der Waals surface area contributed by atoms with Gasteiger partial charge in [0.05, 0.1) is 5.69 Å². The molecule has 0 bridgehead atoms. The van der Waals surface area contributed by atoms with Crippen molar-refractivity contribution in [2.45, 2.75) is 33.2 Å². The first kappa shape index (κ1) is 18.2. The standard InChI is InChI=1S/C19H28N4O/c1-13-8-7-9-16(12-13)18(22(4)5)19(24)23(6)11-10-17-14(2)20-21-15(17)3/h7-9,12,18H,10-11H2,1-6H3,(H,20,21). The van der Waals surface area contributed by atoms with Gasteiger partial charge in [0.25, 0.3) is 0 Å². The van der Waals surface area contributed by atoms with Crippen LogP contribution in [0.1, 0.15) is 34.1 Å². The molecular formula is C19H28N4O. The Morgan fingerprint density at radius 2 is 1.92 bits per heavy atom. The van der Waals surface area contributed by atoms with Crippen LogP contribution in [-0.4, -0.2) is 53.6 Å². The topological polar surface area (TPSA) is 52.2 Å². The Morgan fingerprint density at radius 1 is 1.21 bits per heavy atom. The molecule has 1 N–H and O–H groups in total. The Hall–Kier alpha value is -2.14. The van der Waals surface area contributed by atoms with Crippen LogP contribution in [0, 0.1) is 20.8 Å². The lowest BCUT2D eigenvalue weighted by Crippen LogP contribution is -2.39. The lowest BCUT2D eigenvalue weighted by atomic mass is 10.0. The number of carbonyl (C=O) groups excluding carboxylic acids is 1. The molecule has 0 saturated heterocycles. The van der Waals surface area contributed by atoms with Crippen molar-refractivity contribution in [2.24, 2.45) is 0 Å². The summed E-state index contributed by atoms with van der Waals surface area (Å²) in [5.74, 6) is 0.115. The van der Waals surface area contributed by atoms with Crippen LogP contribution in [-0.2, 0) is 11.2 Å². The van der Waals surface area contributed by atoms with E-state index in [1.54, 1.807) is 0 Å². The van der Waals surface area contributed by atoms with Gasteiger partial charge in [-0.25, -0.2) is 0 Å². The maximum absolute atomic E-state index is 13.0. The monoisotopic (exact) mass is 328 g/mol. The van der Waals surface area contributed by atoms with Crippen LogP contribution in [0.15, 0.2) is 24.3 Å². The second-order valence-electron chi connectivity index (χ2n) is 6.70. The van der Waals surface area contributed by atoms with Gasteiger partial charge in [-0.05, 0) is 52.4 Å². The third-order valence-electron chi connectivity index (χ3n) is 4.46. The van der Waals surface area contributed by atoms with E-state index in [0.29, 0.717) is 6.54 Å². The van der Waals surface area contributed by atoms with E-state index in [1.807, 2.05) is 56.9 Å². The molecule has 5 heteroatoms. The lowest BCUT2D eigenvalue weighted by molar-refractivity contribution is -0.135. The summed E-state index contributed by atoms with van der Waals surface area (Å²) in [6.45, 7) is 6.74. The smallest absolute Gasteiger partial charge is 0.244 e. The fourth-order valence-corrected chi connectivity index (χ4v) is 3.04. The number of aromatic amines is 1. The minimum absolute atomic E-state index is 0.115. The van der Waals surface area contributed by atoms with Crippen molar-refractivity contribution in [2.75, 3.05) is 27.7 Å². The predicted octanol–water partition coefficient (Wildman–Crippen LogP) is 2.64. The second kappa shape index (κ2) is 7.62. The van der Waals surface area contributed by atoms with E-state index in [0.717, 1.165) is 23.4 Å². The summed E-state index contributed by atoms with van der Waals surface area (Å²) >= 11 is 0. The Bertz CT molecular complexity index is 686. The number of nitrogens with one attached hydrogen (secondary N) is 1. The number of H-pyrrole nitrogens is 1. The Kier molecular flexibility index (Phi) is 5.78. The average molecular weight is 328 g/mol. The molecule has 1 atom stereocenters. The van der Waals surface area contributed by atoms with E-state index in [1.165, 1.54) is 11.1 Å². The van der Waals surface area contributed by atoms with Gasteiger partial charge in [0.1, 0.15) is 6.04 Å². The van der Waals surface area contributed by atoms with Crippen LogP contribution < -0.4 is 0 Å². The molecule has 0 fully saturated rings. The number of aromatic nitrogens is 2. The van der Waals surface area contributed by atoms with Gasteiger partial charge < -0.3 is 4.90 Å². The van der Waals surface area contributed by atoms with Crippen molar-refractivity contribution in [1.29, 1.82) is 0 Å². The molecule has 2 rings (SSSR count). The molecule has 24 heavy (non-hydrogen) atoms. The molecule has 0 saturated carbocycles. The van der Waals surface area contributed by atoms with Crippen molar-refractivity contribution in [3.05, 3.63) is 52.3 Å². The van der Waals surface area contributed by atoms with Crippen LogP contribution in [0.3, 0.4) is 0 Å². The molecule has 0 aliphatic carbocycles. The molecule has 0 aliphatic heterocycles. The summed E-state index contributed by atoms with van der Waals surface area (Å²) < 4.78 is 0. The quantitative estimate of drug-likeness (QED) is 0.887. The van der Waals surface area contributed by atoms with Crippen LogP contribution in [0.4, 0.5) is 0 Å². The minimum atomic E-state index is -0.263. The van der Waals surface area contributed by atoms with E-state index < -0.39 is 0 Å². The van der Waals surface area contributed by atoms with Crippen molar-refractivity contribution in [3.63, 3.8) is 0 Å².